The Morgan fingerprint density at radius 3 is 2.38 bits per heavy atom. The van der Waals surface area contributed by atoms with Gasteiger partial charge < -0.3 is 14.5 Å². The second-order valence-electron chi connectivity index (χ2n) is 5.34. The zero-order chi connectivity index (χ0) is 17.7. The zero-order valence-electron chi connectivity index (χ0n) is 14.1. The summed E-state index contributed by atoms with van der Waals surface area (Å²) in [5, 5.41) is 0.910. The van der Waals surface area contributed by atoms with Crippen molar-refractivity contribution in [2.24, 2.45) is 0 Å². The Labute approximate surface area is 148 Å². The zero-order valence-corrected chi connectivity index (χ0v) is 15.7. The minimum absolute atomic E-state index is 0.116. The lowest BCUT2D eigenvalue weighted by molar-refractivity contribution is 0.0422. The Kier molecular flexibility index (Phi) is 6.41. The third-order valence-corrected chi connectivity index (χ3v) is 5.09. The average Bonchev–Trinajstić information content (AvgIpc) is 3.19. The quantitative estimate of drug-likeness (QED) is 0.698. The molecule has 0 radical (unpaired) electrons. The molecule has 0 spiro atoms. The van der Waals surface area contributed by atoms with Crippen LogP contribution in [0, 0.1) is 6.92 Å². The van der Waals surface area contributed by atoms with Gasteiger partial charge in [0.2, 0.25) is 0 Å². The normalized spacial score (nSPS) is 10.7. The largest absolute Gasteiger partial charge is 0.364 e. The van der Waals surface area contributed by atoms with Crippen LogP contribution >= 0.6 is 22.7 Å². The fourth-order valence-electron chi connectivity index (χ4n) is 1.93. The van der Waals surface area contributed by atoms with E-state index in [1.807, 2.05) is 6.92 Å². The molecule has 0 bridgehead atoms. The van der Waals surface area contributed by atoms with Crippen LogP contribution in [0.25, 0.3) is 0 Å². The molecule has 24 heavy (non-hydrogen) atoms. The number of amides is 2. The number of aromatic nitrogens is 2. The molecule has 2 aromatic rings. The Morgan fingerprint density at radius 1 is 1.12 bits per heavy atom. The fourth-order valence-corrected chi connectivity index (χ4v) is 3.58. The number of methoxy groups -OCH3 is 1. The summed E-state index contributed by atoms with van der Waals surface area (Å²) in [4.78, 5) is 37.7. The molecule has 2 heterocycles. The summed E-state index contributed by atoms with van der Waals surface area (Å²) in [7, 11) is 4.94. The topological polar surface area (TPSA) is 75.6 Å². The van der Waals surface area contributed by atoms with Crippen molar-refractivity contribution in [2.45, 2.75) is 13.3 Å². The third kappa shape index (κ3) is 4.59. The summed E-state index contributed by atoms with van der Waals surface area (Å²) in [6, 6.07) is 0. The van der Waals surface area contributed by atoms with E-state index < -0.39 is 0 Å². The summed E-state index contributed by atoms with van der Waals surface area (Å²) in [6.07, 6.45) is 3.98. The molecule has 2 rings (SSSR count). The molecule has 0 atom stereocenters. The van der Waals surface area contributed by atoms with Crippen LogP contribution < -0.4 is 0 Å². The van der Waals surface area contributed by atoms with Gasteiger partial charge in [0.1, 0.15) is 6.73 Å². The van der Waals surface area contributed by atoms with Gasteiger partial charge in [-0.3, -0.25) is 9.59 Å². The molecule has 0 N–H and O–H groups in total. The van der Waals surface area contributed by atoms with Crippen molar-refractivity contribution in [3.63, 3.8) is 0 Å². The van der Waals surface area contributed by atoms with E-state index >= 15 is 0 Å². The first kappa shape index (κ1) is 18.5. The van der Waals surface area contributed by atoms with E-state index in [1.54, 1.807) is 38.5 Å². The minimum Gasteiger partial charge on any atom is -0.364 e. The van der Waals surface area contributed by atoms with Crippen molar-refractivity contribution < 1.29 is 14.3 Å². The Hall–Kier alpha value is -1.84. The SMILES string of the molecule is COCN(CCc1cnc(C(=O)N(C)C)s1)C(=O)c1ncc(C)s1. The first-order chi connectivity index (χ1) is 11.4. The number of carbonyl (C=O) groups is 2. The van der Waals surface area contributed by atoms with Crippen LogP contribution in [0.5, 0.6) is 0 Å². The summed E-state index contributed by atoms with van der Waals surface area (Å²) in [5.74, 6) is -0.265. The number of aryl methyl sites for hydroxylation is 1. The highest BCUT2D eigenvalue weighted by molar-refractivity contribution is 7.13. The first-order valence-corrected chi connectivity index (χ1v) is 8.92. The summed E-state index contributed by atoms with van der Waals surface area (Å²) in [6.45, 7) is 2.58. The Balaban J connectivity index is 2.01. The molecule has 0 aliphatic rings. The summed E-state index contributed by atoms with van der Waals surface area (Å²) >= 11 is 2.71. The van der Waals surface area contributed by atoms with E-state index in [0.29, 0.717) is 23.0 Å². The van der Waals surface area contributed by atoms with Crippen LogP contribution in [0.3, 0.4) is 0 Å². The maximum Gasteiger partial charge on any atom is 0.284 e. The Morgan fingerprint density at radius 2 is 1.79 bits per heavy atom. The van der Waals surface area contributed by atoms with Gasteiger partial charge in [0.25, 0.3) is 11.8 Å². The van der Waals surface area contributed by atoms with Crippen LogP contribution in [0.15, 0.2) is 12.4 Å². The van der Waals surface area contributed by atoms with Gasteiger partial charge in [-0.05, 0) is 6.92 Å². The van der Waals surface area contributed by atoms with Crippen molar-refractivity contribution in [1.29, 1.82) is 0 Å². The number of thiazole rings is 2. The minimum atomic E-state index is -0.149. The molecule has 2 aromatic heterocycles. The number of hydrogen-bond donors (Lipinski definition) is 0. The van der Waals surface area contributed by atoms with Gasteiger partial charge in [0.15, 0.2) is 10.0 Å². The number of hydrogen-bond acceptors (Lipinski definition) is 7. The number of rotatable bonds is 7. The molecular weight excluding hydrogens is 348 g/mol. The maximum absolute atomic E-state index is 12.5. The van der Waals surface area contributed by atoms with Crippen LogP contribution in [0.4, 0.5) is 0 Å². The molecule has 7 nitrogen and oxygen atoms in total. The van der Waals surface area contributed by atoms with Crippen LogP contribution in [0.1, 0.15) is 29.4 Å². The van der Waals surface area contributed by atoms with E-state index in [2.05, 4.69) is 9.97 Å². The predicted octanol–water partition coefficient (Wildman–Crippen LogP) is 1.90. The molecule has 0 aromatic carbocycles. The highest BCUT2D eigenvalue weighted by atomic mass is 32.1. The smallest absolute Gasteiger partial charge is 0.284 e. The van der Waals surface area contributed by atoms with Crippen LogP contribution in [-0.4, -0.2) is 66.1 Å². The molecule has 0 saturated heterocycles. The highest BCUT2D eigenvalue weighted by Crippen LogP contribution is 2.17. The van der Waals surface area contributed by atoms with Crippen molar-refractivity contribution in [3.05, 3.63) is 32.2 Å². The fraction of sp³-hybridized carbons (Fsp3) is 0.467. The van der Waals surface area contributed by atoms with E-state index in [9.17, 15) is 9.59 Å². The second kappa shape index (κ2) is 8.32. The van der Waals surface area contributed by atoms with E-state index in [4.69, 9.17) is 4.74 Å². The number of ether oxygens (including phenoxy) is 1. The van der Waals surface area contributed by atoms with E-state index in [-0.39, 0.29) is 18.5 Å². The predicted molar refractivity (Wildman–Crippen MR) is 93.6 cm³/mol. The highest BCUT2D eigenvalue weighted by Gasteiger charge is 2.19. The lowest BCUT2D eigenvalue weighted by Crippen LogP contribution is -2.34. The lowest BCUT2D eigenvalue weighted by Gasteiger charge is -2.20. The van der Waals surface area contributed by atoms with Crippen LogP contribution in [-0.2, 0) is 11.2 Å². The van der Waals surface area contributed by atoms with E-state index in [1.165, 1.54) is 27.6 Å². The molecule has 130 valence electrons. The summed E-state index contributed by atoms with van der Waals surface area (Å²) < 4.78 is 5.13. The molecule has 0 fully saturated rings. The van der Waals surface area contributed by atoms with Crippen molar-refractivity contribution in [3.8, 4) is 0 Å². The number of nitrogens with zero attached hydrogens (tertiary/aromatic N) is 4. The summed E-state index contributed by atoms with van der Waals surface area (Å²) in [5.41, 5.74) is 0. The maximum atomic E-state index is 12.5. The van der Waals surface area contributed by atoms with Crippen molar-refractivity contribution in [1.82, 2.24) is 19.8 Å². The van der Waals surface area contributed by atoms with Gasteiger partial charge >= 0.3 is 0 Å². The average molecular weight is 368 g/mol. The standard InChI is InChI=1S/C15H20N4O3S2/c1-10-7-16-13(23-10)15(21)19(9-22-4)6-5-11-8-17-12(24-11)14(20)18(2)3/h7-8H,5-6,9H2,1-4H3. The second-order valence-corrected chi connectivity index (χ2v) is 7.69. The van der Waals surface area contributed by atoms with Crippen molar-refractivity contribution >= 4 is 34.5 Å². The van der Waals surface area contributed by atoms with E-state index in [0.717, 1.165) is 9.75 Å². The monoisotopic (exact) mass is 368 g/mol. The molecule has 0 aliphatic heterocycles. The molecule has 0 unspecified atom stereocenters. The molecule has 2 amide bonds. The molecule has 9 heteroatoms. The lowest BCUT2D eigenvalue weighted by atomic mass is 10.3. The molecule has 0 aliphatic carbocycles. The first-order valence-electron chi connectivity index (χ1n) is 7.29. The van der Waals surface area contributed by atoms with Crippen LogP contribution in [0.2, 0.25) is 0 Å². The molecule has 0 saturated carbocycles. The van der Waals surface area contributed by atoms with Gasteiger partial charge in [-0.25, -0.2) is 9.97 Å². The third-order valence-electron chi connectivity index (χ3n) is 3.15. The molecular formula is C15H20N4O3S2. The van der Waals surface area contributed by atoms with Gasteiger partial charge in [-0.2, -0.15) is 0 Å². The van der Waals surface area contributed by atoms with Gasteiger partial charge in [-0.1, -0.05) is 0 Å². The number of carbonyl (C=O) groups excluding carboxylic acids is 2. The van der Waals surface area contributed by atoms with Gasteiger partial charge in [0.05, 0.1) is 0 Å². The van der Waals surface area contributed by atoms with Gasteiger partial charge in [-0.15, -0.1) is 22.7 Å². The van der Waals surface area contributed by atoms with Crippen molar-refractivity contribution in [2.75, 3.05) is 34.5 Å². The van der Waals surface area contributed by atoms with Gasteiger partial charge in [0, 0.05) is 56.3 Å². The Bertz CT molecular complexity index is 711.